The molecule has 0 bridgehead atoms. The van der Waals surface area contributed by atoms with E-state index in [0.29, 0.717) is 10.6 Å². The fourth-order valence-electron chi connectivity index (χ4n) is 2.88. The normalized spacial score (nSPS) is 13.9. The number of fused-ring (bicyclic) bond motifs is 1. The second kappa shape index (κ2) is 8.86. The second-order valence-corrected chi connectivity index (χ2v) is 8.36. The van der Waals surface area contributed by atoms with Gasteiger partial charge in [0.25, 0.3) is 0 Å². The van der Waals surface area contributed by atoms with Gasteiger partial charge in [-0.3, -0.25) is 4.79 Å². The van der Waals surface area contributed by atoms with Crippen molar-refractivity contribution in [2.24, 2.45) is 0 Å². The van der Waals surface area contributed by atoms with Crippen LogP contribution in [0.5, 0.6) is 0 Å². The Balaban J connectivity index is 1.73. The molecule has 2 aromatic rings. The fraction of sp³-hybridized carbons (Fsp3) is 0.368. The van der Waals surface area contributed by atoms with Crippen molar-refractivity contribution in [1.82, 2.24) is 4.90 Å². The topological polar surface area (TPSA) is 58.6 Å². The molecular weight excluding hydrogens is 387 g/mol. The zero-order valence-electron chi connectivity index (χ0n) is 15.2. The third-order valence-electron chi connectivity index (χ3n) is 4.16. The van der Waals surface area contributed by atoms with Gasteiger partial charge in [0.1, 0.15) is 10.8 Å². The fourth-order valence-corrected chi connectivity index (χ4v) is 4.91. The van der Waals surface area contributed by atoms with Crippen molar-refractivity contribution >= 4 is 40.0 Å². The molecule has 1 aliphatic heterocycles. The number of rotatable bonds is 6. The largest absolute Gasteiger partial charge is 0.462 e. The van der Waals surface area contributed by atoms with E-state index in [9.17, 15) is 14.0 Å². The number of ether oxygens (including phenoxy) is 1. The number of nitrogens with one attached hydrogen (secondary N) is 1. The van der Waals surface area contributed by atoms with E-state index in [1.165, 1.54) is 35.2 Å². The Hall–Kier alpha value is -1.90. The molecule has 1 N–H and O–H groups in total. The molecule has 0 unspecified atom stereocenters. The first-order chi connectivity index (χ1) is 13.0. The summed E-state index contributed by atoms with van der Waals surface area (Å²) in [6.45, 7) is 3.68. The molecular formula is C19H21FN2O3S2. The number of thioether (sulfide) groups is 1. The maximum Gasteiger partial charge on any atom is 0.341 e. The maximum absolute atomic E-state index is 13.0. The minimum Gasteiger partial charge on any atom is -0.462 e. The van der Waals surface area contributed by atoms with Crippen LogP contribution in [0, 0.1) is 5.82 Å². The number of hydrogen-bond donors (Lipinski definition) is 1. The highest BCUT2D eigenvalue weighted by Gasteiger charge is 2.28. The summed E-state index contributed by atoms with van der Waals surface area (Å²) < 4.78 is 18.2. The minimum absolute atomic E-state index is 0.177. The Morgan fingerprint density at radius 3 is 2.78 bits per heavy atom. The zero-order valence-corrected chi connectivity index (χ0v) is 16.8. The van der Waals surface area contributed by atoms with Gasteiger partial charge in [0.05, 0.1) is 17.9 Å². The number of carbonyl (C=O) groups excluding carboxylic acids is 2. The third-order valence-corrected chi connectivity index (χ3v) is 6.31. The molecule has 5 nitrogen and oxygen atoms in total. The first-order valence-electron chi connectivity index (χ1n) is 8.66. The van der Waals surface area contributed by atoms with Gasteiger partial charge in [-0.25, -0.2) is 9.18 Å². The highest BCUT2D eigenvalue weighted by molar-refractivity contribution is 8.00. The number of hydrogen-bond acceptors (Lipinski definition) is 6. The maximum atomic E-state index is 13.0. The SMILES string of the molecule is CCOC(=O)c1c(NC(=O)CSc2ccc(F)cc2)sc2c1CCN(C)C2. The number of benzene rings is 1. The number of nitrogens with zero attached hydrogens (tertiary/aromatic N) is 1. The molecule has 2 heterocycles. The Labute approximate surface area is 165 Å². The van der Waals surface area contributed by atoms with Crippen LogP contribution < -0.4 is 5.32 Å². The molecule has 144 valence electrons. The molecule has 0 spiro atoms. The van der Waals surface area contributed by atoms with E-state index >= 15 is 0 Å². The van der Waals surface area contributed by atoms with Crippen molar-refractivity contribution in [2.75, 3.05) is 31.3 Å². The van der Waals surface area contributed by atoms with E-state index in [-0.39, 0.29) is 30.1 Å². The summed E-state index contributed by atoms with van der Waals surface area (Å²) in [5.74, 6) is -0.726. The average Bonchev–Trinajstić information content (AvgIpc) is 2.98. The molecule has 0 saturated heterocycles. The molecule has 0 saturated carbocycles. The Morgan fingerprint density at radius 1 is 1.33 bits per heavy atom. The van der Waals surface area contributed by atoms with Crippen LogP contribution in [0.25, 0.3) is 0 Å². The third kappa shape index (κ3) is 4.88. The molecule has 1 aromatic carbocycles. The van der Waals surface area contributed by atoms with Crippen LogP contribution in [0.1, 0.15) is 27.7 Å². The van der Waals surface area contributed by atoms with Crippen LogP contribution in [0.15, 0.2) is 29.2 Å². The van der Waals surface area contributed by atoms with Crippen molar-refractivity contribution in [3.8, 4) is 0 Å². The van der Waals surface area contributed by atoms with Gasteiger partial charge in [-0.1, -0.05) is 0 Å². The predicted molar refractivity (Wildman–Crippen MR) is 106 cm³/mol. The second-order valence-electron chi connectivity index (χ2n) is 6.21. The summed E-state index contributed by atoms with van der Waals surface area (Å²) in [7, 11) is 2.03. The van der Waals surface area contributed by atoms with Crippen molar-refractivity contribution in [3.63, 3.8) is 0 Å². The van der Waals surface area contributed by atoms with Gasteiger partial charge >= 0.3 is 5.97 Å². The van der Waals surface area contributed by atoms with Crippen molar-refractivity contribution < 1.29 is 18.7 Å². The quantitative estimate of drug-likeness (QED) is 0.582. The van der Waals surface area contributed by atoms with Gasteiger partial charge in [0, 0.05) is 22.9 Å². The molecule has 1 aliphatic rings. The smallest absolute Gasteiger partial charge is 0.341 e. The van der Waals surface area contributed by atoms with E-state index in [4.69, 9.17) is 4.74 Å². The number of thiophene rings is 1. The highest BCUT2D eigenvalue weighted by Crippen LogP contribution is 2.37. The monoisotopic (exact) mass is 408 g/mol. The Kier molecular flexibility index (Phi) is 6.51. The lowest BCUT2D eigenvalue weighted by atomic mass is 10.0. The van der Waals surface area contributed by atoms with Gasteiger partial charge in [0.2, 0.25) is 5.91 Å². The van der Waals surface area contributed by atoms with Crippen LogP contribution in [0.4, 0.5) is 9.39 Å². The van der Waals surface area contributed by atoms with Crippen LogP contribution in [-0.2, 0) is 22.5 Å². The van der Waals surface area contributed by atoms with Crippen molar-refractivity contribution in [3.05, 3.63) is 46.1 Å². The first kappa shape index (κ1) is 19.9. The van der Waals surface area contributed by atoms with Gasteiger partial charge in [-0.05, 0) is 50.2 Å². The van der Waals surface area contributed by atoms with E-state index in [0.717, 1.165) is 34.8 Å². The number of esters is 1. The van der Waals surface area contributed by atoms with Crippen molar-refractivity contribution in [1.29, 1.82) is 0 Å². The summed E-state index contributed by atoms with van der Waals surface area (Å²) in [5, 5.41) is 3.42. The van der Waals surface area contributed by atoms with Gasteiger partial charge < -0.3 is 15.0 Å². The van der Waals surface area contributed by atoms with Gasteiger partial charge in [-0.2, -0.15) is 0 Å². The standard InChI is InChI=1S/C19H21FN2O3S2/c1-3-25-19(24)17-14-8-9-22(2)10-15(14)27-18(17)21-16(23)11-26-13-6-4-12(20)5-7-13/h4-7H,3,8-11H2,1-2H3,(H,21,23). The number of anilines is 1. The zero-order chi connectivity index (χ0) is 19.4. The summed E-state index contributed by atoms with van der Waals surface area (Å²) in [6.07, 6.45) is 0.761. The molecule has 0 radical (unpaired) electrons. The molecule has 27 heavy (non-hydrogen) atoms. The lowest BCUT2D eigenvalue weighted by Crippen LogP contribution is -2.26. The van der Waals surface area contributed by atoms with Crippen LogP contribution >= 0.6 is 23.1 Å². The number of likely N-dealkylation sites (N-methyl/N-ethyl adjacent to an activating group) is 1. The Morgan fingerprint density at radius 2 is 2.07 bits per heavy atom. The summed E-state index contributed by atoms with van der Waals surface area (Å²) in [6, 6.07) is 6.00. The predicted octanol–water partition coefficient (Wildman–Crippen LogP) is 3.78. The molecule has 0 atom stereocenters. The number of halogens is 1. The van der Waals surface area contributed by atoms with Crippen molar-refractivity contribution in [2.45, 2.75) is 24.8 Å². The average molecular weight is 409 g/mol. The van der Waals surface area contributed by atoms with E-state index in [2.05, 4.69) is 10.2 Å². The Bertz CT molecular complexity index is 836. The summed E-state index contributed by atoms with van der Waals surface area (Å²) >= 11 is 2.76. The minimum atomic E-state index is -0.388. The van der Waals surface area contributed by atoms with Gasteiger partial charge in [-0.15, -0.1) is 23.1 Å². The molecule has 0 aliphatic carbocycles. The van der Waals surface area contributed by atoms with Gasteiger partial charge in [0.15, 0.2) is 0 Å². The molecule has 8 heteroatoms. The molecule has 1 aromatic heterocycles. The van der Waals surface area contributed by atoms with E-state index < -0.39 is 0 Å². The van der Waals surface area contributed by atoms with E-state index in [1.807, 2.05) is 7.05 Å². The molecule has 3 rings (SSSR count). The van der Waals surface area contributed by atoms with Crippen LogP contribution in [0.2, 0.25) is 0 Å². The molecule has 0 fully saturated rings. The lowest BCUT2D eigenvalue weighted by molar-refractivity contribution is -0.113. The lowest BCUT2D eigenvalue weighted by Gasteiger charge is -2.22. The number of amides is 1. The van der Waals surface area contributed by atoms with Crippen LogP contribution in [-0.4, -0.2) is 42.7 Å². The highest BCUT2D eigenvalue weighted by atomic mass is 32.2. The summed E-state index contributed by atoms with van der Waals surface area (Å²) in [5.41, 5.74) is 1.48. The van der Waals surface area contributed by atoms with E-state index in [1.54, 1.807) is 19.1 Å². The number of carbonyl (C=O) groups is 2. The first-order valence-corrected chi connectivity index (χ1v) is 10.5. The molecule has 1 amide bonds. The van der Waals surface area contributed by atoms with Crippen LogP contribution in [0.3, 0.4) is 0 Å². The summed E-state index contributed by atoms with van der Waals surface area (Å²) in [4.78, 5) is 28.9.